The minimum atomic E-state index is -0.418. The third-order valence-electron chi connectivity index (χ3n) is 3.81. The minimum absolute atomic E-state index is 0.237. The normalized spacial score (nSPS) is 10.2. The molecule has 29 heavy (non-hydrogen) atoms. The number of para-hydroxylation sites is 3. The van der Waals surface area contributed by atoms with Gasteiger partial charge >= 0.3 is 5.97 Å². The number of anilines is 1. The highest BCUT2D eigenvalue weighted by Gasteiger charge is 2.11. The summed E-state index contributed by atoms with van der Waals surface area (Å²) >= 11 is 1.57. The van der Waals surface area contributed by atoms with Crippen LogP contribution in [0, 0.1) is 0 Å². The Labute approximate surface area is 174 Å². The van der Waals surface area contributed by atoms with Crippen LogP contribution < -0.4 is 10.1 Å². The lowest BCUT2D eigenvalue weighted by Gasteiger charge is -2.12. The summed E-state index contributed by atoms with van der Waals surface area (Å²) in [6.07, 6.45) is 0.237. The molecule has 0 fully saturated rings. The Morgan fingerprint density at radius 2 is 1.48 bits per heavy atom. The first-order valence-corrected chi connectivity index (χ1v) is 10.1. The number of amides is 1. The van der Waals surface area contributed by atoms with Crippen molar-refractivity contribution in [2.75, 3.05) is 17.7 Å². The van der Waals surface area contributed by atoms with Gasteiger partial charge < -0.3 is 14.8 Å². The highest BCUT2D eigenvalue weighted by atomic mass is 32.2. The van der Waals surface area contributed by atoms with Gasteiger partial charge in [-0.3, -0.25) is 9.59 Å². The number of carbonyl (C=O) groups excluding carboxylic acids is 2. The van der Waals surface area contributed by atoms with E-state index in [2.05, 4.69) is 5.32 Å². The van der Waals surface area contributed by atoms with Crippen LogP contribution in [0.4, 0.5) is 5.69 Å². The zero-order valence-electron chi connectivity index (χ0n) is 15.7. The van der Waals surface area contributed by atoms with Crippen LogP contribution in [0.15, 0.2) is 89.8 Å². The van der Waals surface area contributed by atoms with Crippen LogP contribution in [0.5, 0.6) is 11.5 Å². The van der Waals surface area contributed by atoms with Crippen molar-refractivity contribution in [2.24, 2.45) is 0 Å². The second-order valence-electron chi connectivity index (χ2n) is 6.03. The number of nitrogens with one attached hydrogen (secondary N) is 1. The highest BCUT2D eigenvalue weighted by Crippen LogP contribution is 2.29. The van der Waals surface area contributed by atoms with Gasteiger partial charge in [0.15, 0.2) is 12.4 Å². The second-order valence-corrected chi connectivity index (χ2v) is 7.20. The first kappa shape index (κ1) is 20.5. The van der Waals surface area contributed by atoms with E-state index in [-0.39, 0.29) is 13.0 Å². The number of hydrogen-bond donors (Lipinski definition) is 1. The van der Waals surface area contributed by atoms with E-state index in [4.69, 9.17) is 9.47 Å². The van der Waals surface area contributed by atoms with E-state index in [0.29, 0.717) is 22.9 Å². The Hall–Kier alpha value is -3.25. The van der Waals surface area contributed by atoms with Crippen LogP contribution in [0.2, 0.25) is 0 Å². The average Bonchev–Trinajstić information content (AvgIpc) is 2.75. The SMILES string of the molecule is O=C(COC(=O)CCSc1ccccc1)Nc1ccccc1Oc1ccccc1. The van der Waals surface area contributed by atoms with E-state index in [0.717, 1.165) is 4.90 Å². The quantitative estimate of drug-likeness (QED) is 0.393. The predicted molar refractivity (Wildman–Crippen MR) is 114 cm³/mol. The lowest BCUT2D eigenvalue weighted by Crippen LogP contribution is -2.21. The Bertz CT molecular complexity index is 932. The van der Waals surface area contributed by atoms with Crippen LogP contribution in [0.1, 0.15) is 6.42 Å². The highest BCUT2D eigenvalue weighted by molar-refractivity contribution is 7.99. The van der Waals surface area contributed by atoms with Crippen molar-refractivity contribution in [2.45, 2.75) is 11.3 Å². The summed E-state index contributed by atoms with van der Waals surface area (Å²) in [5.74, 6) is 0.947. The molecule has 1 N–H and O–H groups in total. The number of carbonyl (C=O) groups is 2. The fourth-order valence-electron chi connectivity index (χ4n) is 2.45. The third-order valence-corrected chi connectivity index (χ3v) is 4.83. The van der Waals surface area contributed by atoms with Crippen LogP contribution in [0.25, 0.3) is 0 Å². The molecule has 0 atom stereocenters. The predicted octanol–water partition coefficient (Wildman–Crippen LogP) is 5.14. The molecule has 1 amide bonds. The number of rotatable bonds is 9. The lowest BCUT2D eigenvalue weighted by molar-refractivity contribution is -0.146. The average molecular weight is 407 g/mol. The van der Waals surface area contributed by atoms with Gasteiger partial charge in [-0.05, 0) is 36.4 Å². The van der Waals surface area contributed by atoms with E-state index in [1.807, 2.05) is 66.7 Å². The smallest absolute Gasteiger partial charge is 0.307 e. The maximum absolute atomic E-state index is 12.2. The van der Waals surface area contributed by atoms with Gasteiger partial charge in [0.2, 0.25) is 0 Å². The Balaban J connectivity index is 1.44. The molecular formula is C23H21NO4S. The topological polar surface area (TPSA) is 64.6 Å². The van der Waals surface area contributed by atoms with Crippen LogP contribution in [-0.2, 0) is 14.3 Å². The van der Waals surface area contributed by atoms with Gasteiger partial charge in [-0.2, -0.15) is 0 Å². The molecule has 0 spiro atoms. The molecule has 0 radical (unpaired) electrons. The number of esters is 1. The van der Waals surface area contributed by atoms with Crippen molar-refractivity contribution in [1.82, 2.24) is 0 Å². The van der Waals surface area contributed by atoms with Crippen LogP contribution in [-0.4, -0.2) is 24.2 Å². The van der Waals surface area contributed by atoms with Crippen molar-refractivity contribution < 1.29 is 19.1 Å². The molecule has 3 rings (SSSR count). The van der Waals surface area contributed by atoms with Crippen molar-refractivity contribution >= 4 is 29.3 Å². The van der Waals surface area contributed by atoms with Gasteiger partial charge in [0.1, 0.15) is 5.75 Å². The first-order valence-electron chi connectivity index (χ1n) is 9.16. The van der Waals surface area contributed by atoms with E-state index in [1.54, 1.807) is 30.0 Å². The first-order chi connectivity index (χ1) is 14.2. The van der Waals surface area contributed by atoms with Crippen molar-refractivity contribution in [3.05, 3.63) is 84.9 Å². The number of benzene rings is 3. The third kappa shape index (κ3) is 7.01. The van der Waals surface area contributed by atoms with E-state index >= 15 is 0 Å². The van der Waals surface area contributed by atoms with Gasteiger partial charge in [-0.15, -0.1) is 11.8 Å². The molecule has 0 aliphatic rings. The summed E-state index contributed by atoms with van der Waals surface area (Å²) in [6, 6.07) is 26.2. The van der Waals surface area contributed by atoms with E-state index < -0.39 is 11.9 Å². The van der Waals surface area contributed by atoms with Crippen LogP contribution >= 0.6 is 11.8 Å². The molecule has 0 saturated carbocycles. The van der Waals surface area contributed by atoms with Gasteiger partial charge in [0, 0.05) is 10.6 Å². The van der Waals surface area contributed by atoms with Crippen molar-refractivity contribution in [3.8, 4) is 11.5 Å². The maximum Gasteiger partial charge on any atom is 0.307 e. The summed E-state index contributed by atoms with van der Waals surface area (Å²) in [6.45, 7) is -0.339. The fraction of sp³-hybridized carbons (Fsp3) is 0.130. The summed E-state index contributed by atoms with van der Waals surface area (Å²) in [5.41, 5.74) is 0.511. The molecule has 0 aliphatic carbocycles. The van der Waals surface area contributed by atoms with E-state index in [1.165, 1.54) is 0 Å². The Morgan fingerprint density at radius 1 is 0.828 bits per heavy atom. The van der Waals surface area contributed by atoms with Gasteiger partial charge in [0.25, 0.3) is 5.91 Å². The van der Waals surface area contributed by atoms with Gasteiger partial charge in [0.05, 0.1) is 12.1 Å². The van der Waals surface area contributed by atoms with Crippen molar-refractivity contribution in [3.63, 3.8) is 0 Å². The molecule has 0 aromatic heterocycles. The molecule has 0 heterocycles. The zero-order chi connectivity index (χ0) is 20.3. The van der Waals surface area contributed by atoms with Crippen LogP contribution in [0.3, 0.4) is 0 Å². The minimum Gasteiger partial charge on any atom is -0.456 e. The molecule has 3 aromatic carbocycles. The molecule has 0 aliphatic heterocycles. The Morgan fingerprint density at radius 3 is 2.24 bits per heavy atom. The van der Waals surface area contributed by atoms with E-state index in [9.17, 15) is 9.59 Å². The number of thioether (sulfide) groups is 1. The largest absolute Gasteiger partial charge is 0.456 e. The summed E-state index contributed by atoms with van der Waals surface area (Å²) in [5, 5.41) is 2.72. The standard InChI is InChI=1S/C23H21NO4S/c25-22(17-27-23(26)15-16-29-19-11-5-2-6-12-19)24-20-13-7-8-14-21(20)28-18-9-3-1-4-10-18/h1-14H,15-17H2,(H,24,25). The summed E-state index contributed by atoms with van der Waals surface area (Å²) in [4.78, 5) is 25.1. The number of hydrogen-bond acceptors (Lipinski definition) is 5. The monoisotopic (exact) mass is 407 g/mol. The fourth-order valence-corrected chi connectivity index (χ4v) is 3.30. The Kier molecular flexibility index (Phi) is 7.72. The van der Waals surface area contributed by atoms with Gasteiger partial charge in [-0.25, -0.2) is 0 Å². The molecule has 5 nitrogen and oxygen atoms in total. The zero-order valence-corrected chi connectivity index (χ0v) is 16.6. The molecule has 0 saturated heterocycles. The second kappa shape index (κ2) is 10.9. The molecule has 0 unspecified atom stereocenters. The maximum atomic E-state index is 12.2. The summed E-state index contributed by atoms with van der Waals surface area (Å²) < 4.78 is 10.9. The molecule has 0 bridgehead atoms. The molecule has 148 valence electrons. The number of ether oxygens (including phenoxy) is 2. The molecular weight excluding hydrogens is 386 g/mol. The van der Waals surface area contributed by atoms with Gasteiger partial charge in [-0.1, -0.05) is 48.5 Å². The van der Waals surface area contributed by atoms with Crippen molar-refractivity contribution in [1.29, 1.82) is 0 Å². The molecule has 3 aromatic rings. The molecule has 6 heteroatoms. The lowest BCUT2D eigenvalue weighted by atomic mass is 10.3. The summed E-state index contributed by atoms with van der Waals surface area (Å²) in [7, 11) is 0.